The molecule has 1 aromatic rings. The Morgan fingerprint density at radius 2 is 1.97 bits per heavy atom. The largest absolute Gasteiger partial charge is 0.466 e. The molecule has 0 amide bonds. The summed E-state index contributed by atoms with van der Waals surface area (Å²) in [4.78, 5) is 26.2. The summed E-state index contributed by atoms with van der Waals surface area (Å²) in [7, 11) is 0. The molecular weight excluding hydrogens is 383 g/mol. The Morgan fingerprint density at radius 3 is 2.55 bits per heavy atom. The van der Waals surface area contributed by atoms with Crippen LogP contribution in [0.25, 0.3) is 0 Å². The number of Topliss-reactive ketones (excluding diaryl/α,β-unsaturated/α-hetero) is 1. The van der Waals surface area contributed by atoms with Gasteiger partial charge in [0, 0.05) is 25.7 Å². The number of hydrogen-bond donors (Lipinski definition) is 0. The minimum absolute atomic E-state index is 0.0238. The molecule has 3 unspecified atom stereocenters. The van der Waals surface area contributed by atoms with Crippen LogP contribution in [0, 0.1) is 11.8 Å². The highest BCUT2D eigenvalue weighted by molar-refractivity contribution is 5.88. The highest BCUT2D eigenvalue weighted by Gasteiger charge is 2.45. The van der Waals surface area contributed by atoms with E-state index >= 15 is 0 Å². The molecule has 156 valence electrons. The van der Waals surface area contributed by atoms with E-state index in [2.05, 4.69) is 0 Å². The molecule has 0 saturated heterocycles. The van der Waals surface area contributed by atoms with Crippen molar-refractivity contribution in [2.75, 3.05) is 13.2 Å². The standard InChI is InChI=1S/C22H24F3NO3/c1-3-29-21(28)20(14(2)22(23,24)25)16-9-7-15(8-10-16)11-26-12-17-5-4-6-19(27)18(17)13-26/h4-5,7-10,12,14,18,20H,3,6,11,13H2,1-2H3. The third-order valence-electron chi connectivity index (χ3n) is 5.45. The molecule has 3 rings (SSSR count). The first-order valence-electron chi connectivity index (χ1n) is 9.68. The first-order chi connectivity index (χ1) is 13.7. The number of benzene rings is 1. The molecule has 0 bridgehead atoms. The maximum absolute atomic E-state index is 13.3. The number of hydrogen-bond acceptors (Lipinski definition) is 4. The van der Waals surface area contributed by atoms with Crippen molar-refractivity contribution in [3.05, 3.63) is 59.3 Å². The molecule has 2 aliphatic rings. The number of rotatable bonds is 6. The van der Waals surface area contributed by atoms with Crippen molar-refractivity contribution in [1.82, 2.24) is 4.90 Å². The molecule has 0 spiro atoms. The number of nitrogens with zero attached hydrogens (tertiary/aromatic N) is 1. The molecule has 0 aromatic heterocycles. The van der Waals surface area contributed by atoms with E-state index in [-0.39, 0.29) is 23.9 Å². The summed E-state index contributed by atoms with van der Waals surface area (Å²) < 4.78 is 44.7. The second-order valence-electron chi connectivity index (χ2n) is 7.49. The Kier molecular flexibility index (Phi) is 6.15. The summed E-state index contributed by atoms with van der Waals surface area (Å²) in [5, 5.41) is 0. The summed E-state index contributed by atoms with van der Waals surface area (Å²) in [6.45, 7) is 3.74. The first-order valence-corrected chi connectivity index (χ1v) is 9.68. The van der Waals surface area contributed by atoms with Gasteiger partial charge >= 0.3 is 12.1 Å². The summed E-state index contributed by atoms with van der Waals surface area (Å²) in [5.74, 6) is -4.01. The number of fused-ring (bicyclic) bond motifs is 1. The SMILES string of the molecule is CCOC(=O)C(c1ccc(CN2C=C3C=CCC(=O)C3C2)cc1)C(C)C(F)(F)F. The molecule has 0 N–H and O–H groups in total. The van der Waals surface area contributed by atoms with E-state index in [1.165, 1.54) is 0 Å². The molecule has 1 aliphatic carbocycles. The smallest absolute Gasteiger partial charge is 0.392 e. The van der Waals surface area contributed by atoms with E-state index < -0.39 is 24.0 Å². The number of alkyl halides is 3. The van der Waals surface area contributed by atoms with Crippen LogP contribution in [0.3, 0.4) is 0 Å². The maximum Gasteiger partial charge on any atom is 0.392 e. The average Bonchev–Trinajstić information content (AvgIpc) is 3.07. The molecular formula is C22H24F3NO3. The summed E-state index contributed by atoms with van der Waals surface area (Å²) in [5.41, 5.74) is 2.17. The van der Waals surface area contributed by atoms with Crippen LogP contribution in [-0.2, 0) is 20.9 Å². The molecule has 0 saturated carbocycles. The lowest BCUT2D eigenvalue weighted by molar-refractivity contribution is -0.185. The number of halogens is 3. The Hall–Kier alpha value is -2.57. The average molecular weight is 407 g/mol. The molecule has 4 nitrogen and oxygen atoms in total. The number of carbonyl (C=O) groups excluding carboxylic acids is 2. The fraction of sp³-hybridized carbons (Fsp3) is 0.455. The van der Waals surface area contributed by atoms with Gasteiger partial charge in [0.05, 0.1) is 24.4 Å². The van der Waals surface area contributed by atoms with E-state index in [0.717, 1.165) is 18.1 Å². The highest BCUT2D eigenvalue weighted by Crippen LogP contribution is 2.38. The van der Waals surface area contributed by atoms with Crippen LogP contribution in [0.5, 0.6) is 0 Å². The van der Waals surface area contributed by atoms with Gasteiger partial charge in [-0.05, 0) is 23.6 Å². The molecule has 1 heterocycles. The minimum atomic E-state index is -4.51. The van der Waals surface area contributed by atoms with Gasteiger partial charge in [0.25, 0.3) is 0 Å². The number of ether oxygens (including phenoxy) is 1. The summed E-state index contributed by atoms with van der Waals surface area (Å²) >= 11 is 0. The third-order valence-corrected chi connectivity index (χ3v) is 5.45. The normalized spacial score (nSPS) is 20.9. The lowest BCUT2D eigenvalue weighted by atomic mass is 9.86. The van der Waals surface area contributed by atoms with Crippen molar-refractivity contribution in [3.8, 4) is 0 Å². The van der Waals surface area contributed by atoms with Crippen molar-refractivity contribution in [2.24, 2.45) is 11.8 Å². The van der Waals surface area contributed by atoms with Crippen molar-refractivity contribution in [3.63, 3.8) is 0 Å². The lowest BCUT2D eigenvalue weighted by Crippen LogP contribution is -2.32. The van der Waals surface area contributed by atoms with Crippen molar-refractivity contribution < 1.29 is 27.5 Å². The molecule has 0 radical (unpaired) electrons. The quantitative estimate of drug-likeness (QED) is 0.657. The predicted octanol–water partition coefficient (Wildman–Crippen LogP) is 4.38. The fourth-order valence-corrected chi connectivity index (χ4v) is 3.82. The van der Waals surface area contributed by atoms with E-state index in [9.17, 15) is 22.8 Å². The van der Waals surface area contributed by atoms with E-state index in [4.69, 9.17) is 4.74 Å². The molecule has 1 aliphatic heterocycles. The topological polar surface area (TPSA) is 46.6 Å². The second-order valence-corrected chi connectivity index (χ2v) is 7.49. The molecule has 29 heavy (non-hydrogen) atoms. The van der Waals surface area contributed by atoms with Gasteiger partial charge in [-0.15, -0.1) is 0 Å². The van der Waals surface area contributed by atoms with E-state index in [1.807, 2.05) is 23.3 Å². The van der Waals surface area contributed by atoms with Gasteiger partial charge in [-0.25, -0.2) is 0 Å². The van der Waals surface area contributed by atoms with Gasteiger partial charge < -0.3 is 9.64 Å². The highest BCUT2D eigenvalue weighted by atomic mass is 19.4. The van der Waals surface area contributed by atoms with Crippen LogP contribution in [0.4, 0.5) is 13.2 Å². The number of esters is 1. The van der Waals surface area contributed by atoms with Gasteiger partial charge in [-0.1, -0.05) is 43.3 Å². The molecule has 1 aromatic carbocycles. The second kappa shape index (κ2) is 8.43. The number of carbonyl (C=O) groups is 2. The van der Waals surface area contributed by atoms with Gasteiger partial charge in [0.1, 0.15) is 5.78 Å². The summed E-state index contributed by atoms with van der Waals surface area (Å²) in [6, 6.07) is 6.56. The fourth-order valence-electron chi connectivity index (χ4n) is 3.82. The lowest BCUT2D eigenvalue weighted by Gasteiger charge is -2.25. The van der Waals surface area contributed by atoms with Crippen LogP contribution in [0.1, 0.15) is 37.3 Å². The molecule has 7 heteroatoms. The number of allylic oxidation sites excluding steroid dienone is 2. The Labute approximate surface area is 168 Å². The zero-order valence-electron chi connectivity index (χ0n) is 16.4. The zero-order valence-corrected chi connectivity index (χ0v) is 16.4. The minimum Gasteiger partial charge on any atom is -0.466 e. The Bertz CT molecular complexity index is 827. The van der Waals surface area contributed by atoms with Gasteiger partial charge in [0.15, 0.2) is 0 Å². The Morgan fingerprint density at radius 1 is 1.28 bits per heavy atom. The molecule has 3 atom stereocenters. The van der Waals surface area contributed by atoms with Gasteiger partial charge in [0.2, 0.25) is 0 Å². The maximum atomic E-state index is 13.3. The first kappa shape index (κ1) is 21.1. The van der Waals surface area contributed by atoms with Crippen LogP contribution in [0.2, 0.25) is 0 Å². The van der Waals surface area contributed by atoms with E-state index in [1.54, 1.807) is 31.2 Å². The van der Waals surface area contributed by atoms with Crippen molar-refractivity contribution >= 4 is 11.8 Å². The van der Waals surface area contributed by atoms with Gasteiger partial charge in [-0.2, -0.15) is 13.2 Å². The monoisotopic (exact) mass is 407 g/mol. The number of ketones is 1. The summed E-state index contributed by atoms with van der Waals surface area (Å²) in [6.07, 6.45) is 1.74. The van der Waals surface area contributed by atoms with Crippen molar-refractivity contribution in [2.45, 2.75) is 38.9 Å². The van der Waals surface area contributed by atoms with E-state index in [0.29, 0.717) is 19.5 Å². The third kappa shape index (κ3) is 4.71. The van der Waals surface area contributed by atoms with Crippen LogP contribution in [0.15, 0.2) is 48.2 Å². The van der Waals surface area contributed by atoms with Crippen molar-refractivity contribution in [1.29, 1.82) is 0 Å². The van der Waals surface area contributed by atoms with Crippen LogP contribution >= 0.6 is 0 Å². The Balaban J connectivity index is 1.74. The zero-order chi connectivity index (χ0) is 21.2. The van der Waals surface area contributed by atoms with Crippen LogP contribution in [-0.4, -0.2) is 36.0 Å². The predicted molar refractivity (Wildman–Crippen MR) is 102 cm³/mol. The van der Waals surface area contributed by atoms with Crippen LogP contribution < -0.4 is 0 Å². The molecule has 0 fully saturated rings. The van der Waals surface area contributed by atoms with Gasteiger partial charge in [-0.3, -0.25) is 9.59 Å².